The van der Waals surface area contributed by atoms with Gasteiger partial charge in [-0.2, -0.15) is 30.7 Å². The highest BCUT2D eigenvalue weighted by Crippen LogP contribution is 2.58. The van der Waals surface area contributed by atoms with Crippen LogP contribution >= 0.6 is 0 Å². The van der Waals surface area contributed by atoms with E-state index < -0.39 is 41.6 Å². The summed E-state index contributed by atoms with van der Waals surface area (Å²) < 4.78 is 100. The number of carbonyl (C=O) groups excluding carboxylic acids is 1. The van der Waals surface area contributed by atoms with Gasteiger partial charge in [-0.1, -0.05) is 48.5 Å². The number of alkyl halides is 7. The number of hydrogen-bond donors (Lipinski definition) is 0. The van der Waals surface area contributed by atoms with Gasteiger partial charge in [0.1, 0.15) is 0 Å². The molecule has 0 radical (unpaired) electrons. The van der Waals surface area contributed by atoms with E-state index in [4.69, 9.17) is 0 Å². The second-order valence-electron chi connectivity index (χ2n) is 6.06. The van der Waals surface area contributed by atoms with Crippen LogP contribution in [0.5, 0.6) is 0 Å². The molecule has 0 unspecified atom stereocenters. The fraction of sp³-hybridized carbons (Fsp3) is 0.278. The average Bonchev–Trinajstić information content (AvgIpc) is 2.61. The van der Waals surface area contributed by atoms with Gasteiger partial charge in [0.15, 0.2) is 0 Å². The topological polar surface area (TPSA) is 26.3 Å². The minimum atomic E-state index is -6.55. The average molecular weight is 392 g/mol. The largest absolute Gasteiger partial charge is 0.460 e. The Hall–Kier alpha value is -2.58. The number of benzene rings is 2. The van der Waals surface area contributed by atoms with Gasteiger partial charge >= 0.3 is 24.0 Å². The molecule has 0 saturated heterocycles. The third kappa shape index (κ3) is 2.67. The van der Waals surface area contributed by atoms with E-state index in [1.165, 1.54) is 42.5 Å². The maximum Gasteiger partial charge on any atom is 0.460 e. The molecule has 144 valence electrons. The number of fused-ring (bicyclic) bond motifs is 1. The number of ether oxygens (including phenoxy) is 1. The Labute approximate surface area is 148 Å². The Morgan fingerprint density at radius 1 is 0.815 bits per heavy atom. The highest BCUT2D eigenvalue weighted by Gasteiger charge is 2.81. The molecule has 2 aromatic rings. The maximum atomic E-state index is 14.8. The first-order valence-corrected chi connectivity index (χ1v) is 7.63. The van der Waals surface area contributed by atoms with Crippen LogP contribution in [0.2, 0.25) is 0 Å². The molecule has 1 aliphatic rings. The van der Waals surface area contributed by atoms with Gasteiger partial charge in [0.25, 0.3) is 0 Å². The second-order valence-corrected chi connectivity index (χ2v) is 6.06. The second kappa shape index (κ2) is 5.97. The van der Waals surface area contributed by atoms with Crippen LogP contribution in [-0.4, -0.2) is 24.0 Å². The minimum absolute atomic E-state index is 0.116. The normalized spacial score (nSPS) is 20.8. The fourth-order valence-corrected chi connectivity index (χ4v) is 3.05. The number of rotatable bonds is 3. The van der Waals surface area contributed by atoms with E-state index in [1.807, 2.05) is 0 Å². The van der Waals surface area contributed by atoms with Crippen LogP contribution in [0.15, 0.2) is 54.6 Å². The monoisotopic (exact) mass is 392 g/mol. The zero-order valence-corrected chi connectivity index (χ0v) is 13.4. The van der Waals surface area contributed by atoms with Crippen molar-refractivity contribution in [2.75, 3.05) is 0 Å². The summed E-state index contributed by atoms with van der Waals surface area (Å²) in [5, 5.41) is 0. The number of hydrogen-bond acceptors (Lipinski definition) is 2. The molecule has 0 amide bonds. The molecule has 9 heteroatoms. The summed E-state index contributed by atoms with van der Waals surface area (Å²) in [7, 11) is 0. The Morgan fingerprint density at radius 3 is 1.96 bits per heavy atom. The highest BCUT2D eigenvalue weighted by molar-refractivity contribution is 5.92. The number of halogens is 7. The van der Waals surface area contributed by atoms with Crippen LogP contribution in [0, 0.1) is 0 Å². The lowest BCUT2D eigenvalue weighted by molar-refractivity contribution is -0.390. The van der Waals surface area contributed by atoms with E-state index in [1.54, 1.807) is 0 Å². The van der Waals surface area contributed by atoms with Gasteiger partial charge in [-0.25, -0.2) is 4.79 Å². The third-order valence-corrected chi connectivity index (χ3v) is 4.44. The van der Waals surface area contributed by atoms with Crippen LogP contribution in [0.25, 0.3) is 0 Å². The van der Waals surface area contributed by atoms with Crippen molar-refractivity contribution < 1.29 is 40.3 Å². The summed E-state index contributed by atoms with van der Waals surface area (Å²) in [6, 6.07) is 10.7. The Kier molecular flexibility index (Phi) is 4.24. The molecule has 1 aliphatic heterocycles. The van der Waals surface area contributed by atoms with Crippen LogP contribution in [0.4, 0.5) is 30.7 Å². The predicted molar refractivity (Wildman–Crippen MR) is 79.6 cm³/mol. The molecule has 0 fully saturated rings. The summed E-state index contributed by atoms with van der Waals surface area (Å²) >= 11 is 0. The van der Waals surface area contributed by atoms with Crippen LogP contribution < -0.4 is 0 Å². The van der Waals surface area contributed by atoms with E-state index in [2.05, 4.69) is 4.74 Å². The van der Waals surface area contributed by atoms with Crippen molar-refractivity contribution >= 4 is 5.97 Å². The lowest BCUT2D eigenvalue weighted by Gasteiger charge is -2.45. The van der Waals surface area contributed by atoms with Gasteiger partial charge in [-0.15, -0.1) is 0 Å². The molecule has 0 bridgehead atoms. The molecule has 0 saturated carbocycles. The Balaban J connectivity index is 2.28. The van der Waals surface area contributed by atoms with E-state index in [0.717, 1.165) is 12.1 Å². The van der Waals surface area contributed by atoms with E-state index in [-0.39, 0.29) is 11.1 Å². The van der Waals surface area contributed by atoms with E-state index in [9.17, 15) is 35.5 Å². The predicted octanol–water partition coefficient (Wildman–Crippen LogP) is 5.13. The van der Waals surface area contributed by atoms with Crippen molar-refractivity contribution in [2.45, 2.75) is 30.0 Å². The number of carbonyl (C=O) groups is 1. The third-order valence-electron chi connectivity index (χ3n) is 4.44. The summed E-state index contributed by atoms with van der Waals surface area (Å²) in [4.78, 5) is 12.2. The van der Waals surface area contributed by atoms with Crippen molar-refractivity contribution in [3.8, 4) is 0 Å². The summed E-state index contributed by atoms with van der Waals surface area (Å²) in [6.07, 6.45) is -7.60. The van der Waals surface area contributed by atoms with Gasteiger partial charge in [-0.3, -0.25) is 0 Å². The first-order valence-electron chi connectivity index (χ1n) is 7.63. The van der Waals surface area contributed by atoms with Crippen molar-refractivity contribution in [3.63, 3.8) is 0 Å². The smallest absolute Gasteiger partial charge is 0.443 e. The molecular formula is C18H11F7O2. The fourth-order valence-electron chi connectivity index (χ4n) is 3.05. The SMILES string of the molecule is O=C1O[C@@](c2ccccc2)(C(F)(F)C(F)(F)C(F)(F)F)Cc2ccccc21. The van der Waals surface area contributed by atoms with Gasteiger partial charge in [-0.05, 0) is 11.6 Å². The molecule has 0 N–H and O–H groups in total. The van der Waals surface area contributed by atoms with E-state index >= 15 is 0 Å². The van der Waals surface area contributed by atoms with Gasteiger partial charge in [0.2, 0.25) is 5.60 Å². The molecule has 1 atom stereocenters. The van der Waals surface area contributed by atoms with Crippen molar-refractivity contribution in [3.05, 3.63) is 71.3 Å². The minimum Gasteiger partial charge on any atom is -0.443 e. The van der Waals surface area contributed by atoms with Crippen molar-refractivity contribution in [1.29, 1.82) is 0 Å². The molecular weight excluding hydrogens is 381 g/mol. The molecule has 0 aliphatic carbocycles. The zero-order valence-electron chi connectivity index (χ0n) is 13.4. The van der Waals surface area contributed by atoms with E-state index in [0.29, 0.717) is 0 Å². The zero-order chi connectivity index (χ0) is 20.1. The molecule has 0 spiro atoms. The molecule has 27 heavy (non-hydrogen) atoms. The first-order chi connectivity index (χ1) is 12.4. The van der Waals surface area contributed by atoms with Gasteiger partial charge in [0.05, 0.1) is 5.56 Å². The lowest BCUT2D eigenvalue weighted by atomic mass is 9.76. The molecule has 2 aromatic carbocycles. The lowest BCUT2D eigenvalue weighted by Crippen LogP contribution is -2.65. The molecule has 0 aromatic heterocycles. The summed E-state index contributed by atoms with van der Waals surface area (Å²) in [5.74, 6) is -13.6. The molecule has 2 nitrogen and oxygen atoms in total. The standard InChI is InChI=1S/C18H11F7O2/c19-16(20,17(21,22)18(23,24)25)15(12-7-2-1-3-8-12)10-11-6-4-5-9-13(11)14(26)27-15/h1-9H,10H2/t15-/m0/s1. The van der Waals surface area contributed by atoms with Crippen molar-refractivity contribution in [2.24, 2.45) is 0 Å². The van der Waals surface area contributed by atoms with Crippen molar-refractivity contribution in [1.82, 2.24) is 0 Å². The van der Waals surface area contributed by atoms with Crippen LogP contribution in [0.3, 0.4) is 0 Å². The quantitative estimate of drug-likeness (QED) is 0.535. The summed E-state index contributed by atoms with van der Waals surface area (Å²) in [5.41, 5.74) is -4.48. The molecule has 3 rings (SSSR count). The molecule has 1 heterocycles. The number of cyclic esters (lactones) is 1. The highest BCUT2D eigenvalue weighted by atomic mass is 19.4. The maximum absolute atomic E-state index is 14.8. The number of esters is 1. The Morgan fingerprint density at radius 2 is 1.37 bits per heavy atom. The van der Waals surface area contributed by atoms with Gasteiger partial charge < -0.3 is 4.74 Å². The van der Waals surface area contributed by atoms with Gasteiger partial charge in [0, 0.05) is 12.0 Å². The summed E-state index contributed by atoms with van der Waals surface area (Å²) in [6.45, 7) is 0. The first kappa shape index (κ1) is 19.2. The van der Waals surface area contributed by atoms with Crippen LogP contribution in [-0.2, 0) is 16.8 Å². The Bertz CT molecular complexity index is 862. The van der Waals surface area contributed by atoms with Crippen LogP contribution in [0.1, 0.15) is 21.5 Å².